The summed E-state index contributed by atoms with van der Waals surface area (Å²) < 4.78 is 0. The van der Waals surface area contributed by atoms with Crippen molar-refractivity contribution < 1.29 is 29.4 Å². The van der Waals surface area contributed by atoms with Gasteiger partial charge in [0, 0.05) is 32.0 Å². The number of hydrogen-bond donors (Lipinski definition) is 5. The van der Waals surface area contributed by atoms with E-state index >= 15 is 0 Å². The molecule has 2 heterocycles. The Balaban J connectivity index is 1.48. The Morgan fingerprint density at radius 2 is 1.59 bits per heavy atom. The largest absolute Gasteiger partial charge is 0.480 e. The van der Waals surface area contributed by atoms with Crippen molar-refractivity contribution in [1.82, 2.24) is 20.9 Å². The van der Waals surface area contributed by atoms with Crippen LogP contribution in [0, 0.1) is 0 Å². The zero-order valence-electron chi connectivity index (χ0n) is 21.8. The standard InChI is InChI=1S/C29H36N4O6/c34-22-17-23(30-18-22)27(36)31-21(14-19-8-3-1-4-9-19)16-26(35)32-24(15-20-10-5-2-6-11-20)28(37)33-13-7-12-25(33)29(38)39/h1-6,8-11,21-25,30,34H,7,12-18H2,(H,31,36)(H,32,35)(H,38,39)/t21-,22+,23-,24-,25-/m0/s1. The molecule has 10 heteroatoms. The number of β-amino-alcohol motifs (C(OH)–C–C–N with tert-alkyl or cyclic N) is 1. The van der Waals surface area contributed by atoms with E-state index in [0.717, 1.165) is 11.1 Å². The second-order valence-corrected chi connectivity index (χ2v) is 10.3. The number of carboxylic acid groups (broad SMARTS) is 1. The Morgan fingerprint density at radius 1 is 0.949 bits per heavy atom. The van der Waals surface area contributed by atoms with Crippen LogP contribution in [0.15, 0.2) is 60.7 Å². The fourth-order valence-electron chi connectivity index (χ4n) is 5.31. The minimum absolute atomic E-state index is 0.0726. The number of amides is 3. The van der Waals surface area contributed by atoms with Gasteiger partial charge in [-0.25, -0.2) is 4.79 Å². The lowest BCUT2D eigenvalue weighted by Crippen LogP contribution is -2.54. The fraction of sp³-hybridized carbons (Fsp3) is 0.448. The minimum Gasteiger partial charge on any atom is -0.480 e. The van der Waals surface area contributed by atoms with Gasteiger partial charge in [0.15, 0.2) is 0 Å². The van der Waals surface area contributed by atoms with E-state index in [9.17, 15) is 29.4 Å². The molecular weight excluding hydrogens is 500 g/mol. The van der Waals surface area contributed by atoms with Crippen LogP contribution in [0.1, 0.15) is 36.8 Å². The highest BCUT2D eigenvalue weighted by atomic mass is 16.4. The average molecular weight is 537 g/mol. The van der Waals surface area contributed by atoms with Crippen LogP contribution in [0.3, 0.4) is 0 Å². The fourth-order valence-corrected chi connectivity index (χ4v) is 5.31. The summed E-state index contributed by atoms with van der Waals surface area (Å²) in [6.45, 7) is 0.656. The first-order valence-electron chi connectivity index (χ1n) is 13.4. The first-order chi connectivity index (χ1) is 18.8. The van der Waals surface area contributed by atoms with Gasteiger partial charge >= 0.3 is 5.97 Å². The number of aliphatic hydroxyl groups is 1. The van der Waals surface area contributed by atoms with Crippen molar-refractivity contribution in [1.29, 1.82) is 0 Å². The van der Waals surface area contributed by atoms with E-state index in [1.807, 2.05) is 60.7 Å². The van der Waals surface area contributed by atoms with Gasteiger partial charge in [-0.15, -0.1) is 0 Å². The average Bonchev–Trinajstić information content (AvgIpc) is 3.59. The predicted molar refractivity (Wildman–Crippen MR) is 144 cm³/mol. The van der Waals surface area contributed by atoms with Crippen molar-refractivity contribution in [2.24, 2.45) is 0 Å². The van der Waals surface area contributed by atoms with Gasteiger partial charge in [0.2, 0.25) is 17.7 Å². The summed E-state index contributed by atoms with van der Waals surface area (Å²) >= 11 is 0. The third-order valence-electron chi connectivity index (χ3n) is 7.26. The van der Waals surface area contributed by atoms with Crippen molar-refractivity contribution >= 4 is 23.7 Å². The number of nitrogens with one attached hydrogen (secondary N) is 3. The van der Waals surface area contributed by atoms with Crippen LogP contribution in [0.25, 0.3) is 0 Å². The van der Waals surface area contributed by atoms with Crippen LogP contribution >= 0.6 is 0 Å². The maximum absolute atomic E-state index is 13.5. The molecule has 39 heavy (non-hydrogen) atoms. The maximum Gasteiger partial charge on any atom is 0.326 e. The lowest BCUT2D eigenvalue weighted by molar-refractivity contribution is -0.149. The highest BCUT2D eigenvalue weighted by molar-refractivity contribution is 5.91. The van der Waals surface area contributed by atoms with Gasteiger partial charge in [0.05, 0.1) is 12.1 Å². The Hall–Kier alpha value is -3.76. The molecule has 0 aromatic heterocycles. The van der Waals surface area contributed by atoms with Gasteiger partial charge in [-0.05, 0) is 36.8 Å². The summed E-state index contributed by atoms with van der Waals surface area (Å²) in [6.07, 6.45) is 1.21. The molecule has 2 aromatic carbocycles. The third kappa shape index (κ3) is 7.87. The normalized spacial score (nSPS) is 22.2. The van der Waals surface area contributed by atoms with Crippen LogP contribution in [0.4, 0.5) is 0 Å². The van der Waals surface area contributed by atoms with E-state index in [4.69, 9.17) is 0 Å². The van der Waals surface area contributed by atoms with E-state index in [1.54, 1.807) is 0 Å². The number of carbonyl (C=O) groups excluding carboxylic acids is 3. The zero-order valence-corrected chi connectivity index (χ0v) is 21.8. The molecule has 4 rings (SSSR count). The number of likely N-dealkylation sites (tertiary alicyclic amines) is 1. The van der Waals surface area contributed by atoms with Gasteiger partial charge in [-0.2, -0.15) is 0 Å². The molecule has 2 aromatic rings. The van der Waals surface area contributed by atoms with Gasteiger partial charge in [-0.1, -0.05) is 60.7 Å². The summed E-state index contributed by atoms with van der Waals surface area (Å²) in [5.41, 5.74) is 1.77. The number of nitrogens with zero attached hydrogens (tertiary/aromatic N) is 1. The lowest BCUT2D eigenvalue weighted by atomic mass is 10.0. The molecule has 0 aliphatic carbocycles. The van der Waals surface area contributed by atoms with Crippen LogP contribution in [0.2, 0.25) is 0 Å². The van der Waals surface area contributed by atoms with Crippen molar-refractivity contribution in [2.45, 2.75) is 68.8 Å². The molecule has 5 atom stereocenters. The molecule has 2 aliphatic rings. The molecule has 0 spiro atoms. The highest BCUT2D eigenvalue weighted by Crippen LogP contribution is 2.20. The molecule has 5 N–H and O–H groups in total. The Kier molecular flexibility index (Phi) is 9.67. The van der Waals surface area contributed by atoms with Crippen LogP contribution in [-0.4, -0.2) is 82.2 Å². The monoisotopic (exact) mass is 536 g/mol. The molecule has 208 valence electrons. The number of aliphatic hydroxyl groups excluding tert-OH is 1. The maximum atomic E-state index is 13.5. The summed E-state index contributed by atoms with van der Waals surface area (Å²) in [6, 6.07) is 15.8. The molecule has 0 unspecified atom stereocenters. The van der Waals surface area contributed by atoms with Crippen LogP contribution in [-0.2, 0) is 32.0 Å². The Bertz CT molecular complexity index is 1140. The topological polar surface area (TPSA) is 148 Å². The number of benzene rings is 2. The predicted octanol–water partition coefficient (Wildman–Crippen LogP) is 0.630. The highest BCUT2D eigenvalue weighted by Gasteiger charge is 2.38. The third-order valence-corrected chi connectivity index (χ3v) is 7.26. The molecule has 0 radical (unpaired) electrons. The van der Waals surface area contributed by atoms with Gasteiger partial charge < -0.3 is 31.1 Å². The van der Waals surface area contributed by atoms with Crippen molar-refractivity contribution in [3.63, 3.8) is 0 Å². The Labute approximate surface area is 227 Å². The molecular formula is C29H36N4O6. The van der Waals surface area contributed by atoms with Crippen LogP contribution < -0.4 is 16.0 Å². The van der Waals surface area contributed by atoms with E-state index < -0.39 is 48.1 Å². The van der Waals surface area contributed by atoms with Gasteiger partial charge in [0.1, 0.15) is 12.1 Å². The SMILES string of the molecule is O=C(C[C@H](Cc1ccccc1)NC(=O)[C@@H]1C[C@@H](O)CN1)N[C@@H](Cc1ccccc1)C(=O)N1CCC[C@H]1C(=O)O. The number of rotatable bonds is 11. The second kappa shape index (κ2) is 13.3. The summed E-state index contributed by atoms with van der Waals surface area (Å²) in [4.78, 5) is 52.8. The smallest absolute Gasteiger partial charge is 0.326 e. The number of hydrogen-bond acceptors (Lipinski definition) is 6. The minimum atomic E-state index is -1.05. The zero-order chi connectivity index (χ0) is 27.8. The molecule has 2 aliphatic heterocycles. The van der Waals surface area contributed by atoms with Gasteiger partial charge in [-0.3, -0.25) is 14.4 Å². The molecule has 10 nitrogen and oxygen atoms in total. The Morgan fingerprint density at radius 3 is 2.18 bits per heavy atom. The summed E-state index contributed by atoms with van der Waals surface area (Å²) in [7, 11) is 0. The molecule has 0 saturated carbocycles. The number of aliphatic carboxylic acids is 1. The number of carboxylic acids is 1. The van der Waals surface area contributed by atoms with Gasteiger partial charge in [0.25, 0.3) is 0 Å². The van der Waals surface area contributed by atoms with Crippen LogP contribution in [0.5, 0.6) is 0 Å². The van der Waals surface area contributed by atoms with E-state index in [0.29, 0.717) is 38.8 Å². The first-order valence-corrected chi connectivity index (χ1v) is 13.4. The second-order valence-electron chi connectivity index (χ2n) is 10.3. The lowest BCUT2D eigenvalue weighted by Gasteiger charge is -2.28. The van der Waals surface area contributed by atoms with Crippen molar-refractivity contribution in [2.75, 3.05) is 13.1 Å². The summed E-state index contributed by atoms with van der Waals surface area (Å²) in [5.74, 6) is -2.19. The van der Waals surface area contributed by atoms with E-state index in [2.05, 4.69) is 16.0 Å². The van der Waals surface area contributed by atoms with E-state index in [1.165, 1.54) is 4.90 Å². The molecule has 2 fully saturated rings. The van der Waals surface area contributed by atoms with E-state index in [-0.39, 0.29) is 18.7 Å². The number of carbonyl (C=O) groups is 4. The summed E-state index contributed by atoms with van der Waals surface area (Å²) in [5, 5.41) is 28.2. The molecule has 3 amide bonds. The molecule has 2 saturated heterocycles. The first kappa shape index (κ1) is 28.3. The molecule has 0 bridgehead atoms. The van der Waals surface area contributed by atoms with Crippen molar-refractivity contribution in [3.8, 4) is 0 Å². The van der Waals surface area contributed by atoms with Crippen molar-refractivity contribution in [3.05, 3.63) is 71.8 Å². The quantitative estimate of drug-likeness (QED) is 0.283.